The minimum Gasteiger partial charge on any atom is -0.314 e. The summed E-state index contributed by atoms with van der Waals surface area (Å²) in [4.78, 5) is 0. The van der Waals surface area contributed by atoms with Crippen LogP contribution in [0.2, 0.25) is 0 Å². The van der Waals surface area contributed by atoms with E-state index in [1.807, 2.05) is 13.0 Å². The summed E-state index contributed by atoms with van der Waals surface area (Å²) in [5.74, 6) is 0.740. The average Bonchev–Trinajstić information content (AvgIpc) is 2.68. The molecule has 1 aliphatic carbocycles. The van der Waals surface area contributed by atoms with Gasteiger partial charge in [0.1, 0.15) is 5.82 Å². The molecule has 0 saturated heterocycles. The lowest BCUT2D eigenvalue weighted by Crippen LogP contribution is -2.28. The second kappa shape index (κ2) is 5.63. The van der Waals surface area contributed by atoms with Crippen LogP contribution >= 0.6 is 0 Å². The highest BCUT2D eigenvalue weighted by atomic mass is 19.1. The van der Waals surface area contributed by atoms with E-state index in [9.17, 15) is 4.39 Å². The van der Waals surface area contributed by atoms with Crippen LogP contribution in [0.15, 0.2) is 18.2 Å². The van der Waals surface area contributed by atoms with E-state index in [4.69, 9.17) is 0 Å². The second-order valence-corrected chi connectivity index (χ2v) is 5.39. The molecule has 1 N–H and O–H groups in total. The van der Waals surface area contributed by atoms with Crippen molar-refractivity contribution in [1.82, 2.24) is 5.32 Å². The molecule has 17 heavy (non-hydrogen) atoms. The van der Waals surface area contributed by atoms with E-state index in [0.29, 0.717) is 6.04 Å². The third-order valence-corrected chi connectivity index (χ3v) is 3.83. The van der Waals surface area contributed by atoms with Crippen molar-refractivity contribution in [2.75, 3.05) is 6.54 Å². The van der Waals surface area contributed by atoms with Gasteiger partial charge < -0.3 is 5.32 Å². The van der Waals surface area contributed by atoms with E-state index in [1.54, 1.807) is 12.1 Å². The number of halogens is 1. The van der Waals surface area contributed by atoms with Crippen molar-refractivity contribution in [3.8, 4) is 0 Å². The van der Waals surface area contributed by atoms with E-state index in [2.05, 4.69) is 12.2 Å². The van der Waals surface area contributed by atoms with E-state index in [1.165, 1.54) is 24.8 Å². The maximum absolute atomic E-state index is 12.9. The second-order valence-electron chi connectivity index (χ2n) is 5.39. The summed E-state index contributed by atoms with van der Waals surface area (Å²) >= 11 is 0. The molecule has 2 atom stereocenters. The fraction of sp³-hybridized carbons (Fsp3) is 0.600. The molecule has 2 unspecified atom stereocenters. The average molecular weight is 235 g/mol. The van der Waals surface area contributed by atoms with E-state index in [0.717, 1.165) is 24.4 Å². The lowest BCUT2D eigenvalue weighted by Gasteiger charge is -2.13. The predicted molar refractivity (Wildman–Crippen MR) is 69.6 cm³/mol. The first-order valence-electron chi connectivity index (χ1n) is 6.63. The topological polar surface area (TPSA) is 12.0 Å². The summed E-state index contributed by atoms with van der Waals surface area (Å²) in [6, 6.07) is 5.78. The lowest BCUT2D eigenvalue weighted by atomic mass is 10.1. The smallest absolute Gasteiger partial charge is 0.123 e. The van der Waals surface area contributed by atoms with Crippen molar-refractivity contribution < 1.29 is 4.39 Å². The van der Waals surface area contributed by atoms with Gasteiger partial charge in [0.15, 0.2) is 0 Å². The Bertz CT molecular complexity index is 375. The maximum Gasteiger partial charge on any atom is 0.123 e. The van der Waals surface area contributed by atoms with Gasteiger partial charge in [-0.15, -0.1) is 0 Å². The number of rotatable bonds is 4. The standard InChI is InChI=1S/C15H22FN/c1-11-3-6-15(9-11)17-8-7-13-4-5-14(16)10-12(13)2/h4-5,10-11,15,17H,3,6-9H2,1-2H3. The quantitative estimate of drug-likeness (QED) is 0.842. The molecular formula is C15H22FN. The van der Waals surface area contributed by atoms with Crippen molar-refractivity contribution in [3.05, 3.63) is 35.1 Å². The molecule has 0 aromatic heterocycles. The Morgan fingerprint density at radius 1 is 1.35 bits per heavy atom. The zero-order chi connectivity index (χ0) is 12.3. The fourth-order valence-electron chi connectivity index (χ4n) is 2.74. The molecule has 0 heterocycles. The number of hydrogen-bond donors (Lipinski definition) is 1. The Labute approximate surface area is 103 Å². The van der Waals surface area contributed by atoms with Crippen LogP contribution in [0, 0.1) is 18.7 Å². The van der Waals surface area contributed by atoms with Crippen LogP contribution in [0.5, 0.6) is 0 Å². The summed E-state index contributed by atoms with van der Waals surface area (Å²) in [7, 11) is 0. The number of nitrogens with one attached hydrogen (secondary N) is 1. The number of aryl methyl sites for hydroxylation is 1. The monoisotopic (exact) mass is 235 g/mol. The highest BCUT2D eigenvalue weighted by Gasteiger charge is 2.20. The minimum absolute atomic E-state index is 0.135. The zero-order valence-electron chi connectivity index (χ0n) is 10.8. The normalized spacial score (nSPS) is 24.2. The summed E-state index contributed by atoms with van der Waals surface area (Å²) in [5, 5.41) is 3.61. The fourth-order valence-corrected chi connectivity index (χ4v) is 2.74. The van der Waals surface area contributed by atoms with Crippen molar-refractivity contribution in [2.45, 2.75) is 45.6 Å². The molecule has 2 heteroatoms. The third-order valence-electron chi connectivity index (χ3n) is 3.83. The molecule has 1 nitrogen and oxygen atoms in total. The SMILES string of the molecule is Cc1cc(F)ccc1CCNC1CCC(C)C1. The molecule has 0 bridgehead atoms. The summed E-state index contributed by atoms with van der Waals surface area (Å²) < 4.78 is 12.9. The van der Waals surface area contributed by atoms with Gasteiger partial charge in [-0.25, -0.2) is 4.39 Å². The highest BCUT2D eigenvalue weighted by Crippen LogP contribution is 2.24. The molecule has 0 aliphatic heterocycles. The molecule has 2 rings (SSSR count). The van der Waals surface area contributed by atoms with Crippen LogP contribution < -0.4 is 5.32 Å². The minimum atomic E-state index is -0.135. The Balaban J connectivity index is 1.78. The van der Waals surface area contributed by atoms with Gasteiger partial charge in [-0.1, -0.05) is 13.0 Å². The van der Waals surface area contributed by atoms with Crippen LogP contribution in [0.4, 0.5) is 4.39 Å². The van der Waals surface area contributed by atoms with Gasteiger partial charge in [-0.3, -0.25) is 0 Å². The van der Waals surface area contributed by atoms with Gasteiger partial charge in [-0.05, 0) is 68.3 Å². The molecule has 1 saturated carbocycles. The highest BCUT2D eigenvalue weighted by molar-refractivity contribution is 5.26. The van der Waals surface area contributed by atoms with Crippen LogP contribution in [0.3, 0.4) is 0 Å². The van der Waals surface area contributed by atoms with Crippen LogP contribution in [-0.2, 0) is 6.42 Å². The van der Waals surface area contributed by atoms with Gasteiger partial charge in [0.05, 0.1) is 0 Å². The molecule has 0 radical (unpaired) electrons. The van der Waals surface area contributed by atoms with Crippen LogP contribution in [0.25, 0.3) is 0 Å². The van der Waals surface area contributed by atoms with Gasteiger partial charge in [0, 0.05) is 6.04 Å². The summed E-state index contributed by atoms with van der Waals surface area (Å²) in [6.45, 7) is 5.31. The predicted octanol–water partition coefficient (Wildman–Crippen LogP) is 3.45. The molecule has 94 valence electrons. The molecular weight excluding hydrogens is 213 g/mol. The van der Waals surface area contributed by atoms with Gasteiger partial charge in [-0.2, -0.15) is 0 Å². The van der Waals surface area contributed by atoms with Crippen molar-refractivity contribution in [3.63, 3.8) is 0 Å². The molecule has 0 spiro atoms. The Hall–Kier alpha value is -0.890. The van der Waals surface area contributed by atoms with E-state index in [-0.39, 0.29) is 5.82 Å². The van der Waals surface area contributed by atoms with Crippen LogP contribution in [0.1, 0.15) is 37.3 Å². The zero-order valence-corrected chi connectivity index (χ0v) is 10.8. The summed E-state index contributed by atoms with van der Waals surface area (Å²) in [5.41, 5.74) is 2.32. The molecule has 1 aromatic carbocycles. The van der Waals surface area contributed by atoms with Gasteiger partial charge in [0.25, 0.3) is 0 Å². The Morgan fingerprint density at radius 2 is 2.18 bits per heavy atom. The molecule has 1 fully saturated rings. The first-order chi connectivity index (χ1) is 8.15. The Kier molecular flexibility index (Phi) is 4.16. The molecule has 1 aliphatic rings. The third kappa shape index (κ3) is 3.53. The first-order valence-corrected chi connectivity index (χ1v) is 6.63. The number of hydrogen-bond acceptors (Lipinski definition) is 1. The largest absolute Gasteiger partial charge is 0.314 e. The first kappa shape index (κ1) is 12.6. The number of benzene rings is 1. The maximum atomic E-state index is 12.9. The van der Waals surface area contributed by atoms with Crippen molar-refractivity contribution in [2.24, 2.45) is 5.92 Å². The molecule has 0 amide bonds. The van der Waals surface area contributed by atoms with Gasteiger partial charge in [0.2, 0.25) is 0 Å². The van der Waals surface area contributed by atoms with E-state index < -0.39 is 0 Å². The van der Waals surface area contributed by atoms with Crippen molar-refractivity contribution >= 4 is 0 Å². The lowest BCUT2D eigenvalue weighted by molar-refractivity contribution is 0.505. The van der Waals surface area contributed by atoms with Gasteiger partial charge >= 0.3 is 0 Å². The summed E-state index contributed by atoms with van der Waals surface area (Å²) in [6.07, 6.45) is 4.97. The van der Waals surface area contributed by atoms with Crippen LogP contribution in [-0.4, -0.2) is 12.6 Å². The Morgan fingerprint density at radius 3 is 2.82 bits per heavy atom. The van der Waals surface area contributed by atoms with E-state index >= 15 is 0 Å². The van der Waals surface area contributed by atoms with Crippen molar-refractivity contribution in [1.29, 1.82) is 0 Å². The molecule has 1 aromatic rings.